The van der Waals surface area contributed by atoms with Gasteiger partial charge in [-0.1, -0.05) is 77.1 Å². The Kier molecular flexibility index (Phi) is 35.0. The van der Waals surface area contributed by atoms with Crippen LogP contribution in [-0.2, 0) is 88.0 Å². The van der Waals surface area contributed by atoms with Crippen LogP contribution in [-0.4, -0.2) is 211 Å². The summed E-state index contributed by atoms with van der Waals surface area (Å²) in [5.41, 5.74) is 30.7. The maximum absolute atomic E-state index is 15.0. The standard InChI is InChI=1S/C73H106N22O16/c1-37(2)28-52(90-65(105)53(31-42-18-22-46(98)23-19-42)89-62(102)39(5)29-44-35-81-36-85-44)64(104)92-55(33-58(75)100)66(106)91-54(32-43-34-84-48-13-9-8-12-47(43)48)67(107)93-59(38(3)4)69(109)94-60(40(6)96)70(110)86-49(14-10-26-82-72(77)78)63(103)87-50(24-25-57(74)99)71(111)95(7)56(15-11-27-83-73(79)80)68(108)88-51(61(76)101)30-41-16-20-45(97)21-17-41/h8-9,12-13,16-23,34-40,49-56,59-60,84,96-98H,10-11,14-15,24-33H2,1-7H3,(H2,74,99)(H2,75,100)(H2,76,101)(H,81,85)(H,86,110)(H,87,103)(H,88,108)(H,89,102)(H,90,105)(H,91,106)(H,92,104)(H,93,107)(H,94,109)(H4,77,78,82)(H4,79,80,83)/t39?,40-,49+,50?,51?,52?,53+,54?,55+,56+,59+,60+/m1/s1. The first-order valence-corrected chi connectivity index (χ1v) is 36.2. The molecule has 0 saturated carbocycles. The summed E-state index contributed by atoms with van der Waals surface area (Å²) in [5, 5.41) is 75.4. The highest BCUT2D eigenvalue weighted by molar-refractivity contribution is 6.00. The number of nitrogens with one attached hydrogen (secondary N) is 15. The van der Waals surface area contributed by atoms with Gasteiger partial charge in [0.15, 0.2) is 11.9 Å². The Hall–Kier alpha value is -12.4. The Morgan fingerprint density at radius 2 is 0.991 bits per heavy atom. The van der Waals surface area contributed by atoms with Crippen LogP contribution in [0.1, 0.15) is 115 Å². The largest absolute Gasteiger partial charge is 0.508 e. The molecule has 0 spiro atoms. The van der Waals surface area contributed by atoms with Crippen molar-refractivity contribution in [2.75, 3.05) is 20.1 Å². The Morgan fingerprint density at radius 3 is 1.54 bits per heavy atom. The molecule has 0 aliphatic carbocycles. The van der Waals surface area contributed by atoms with Gasteiger partial charge >= 0.3 is 0 Å². The molecule has 5 aromatic rings. The molecule has 3 aromatic carbocycles. The van der Waals surface area contributed by atoms with Crippen molar-refractivity contribution in [3.63, 3.8) is 0 Å². The highest BCUT2D eigenvalue weighted by Gasteiger charge is 2.40. The summed E-state index contributed by atoms with van der Waals surface area (Å²) in [6.45, 7) is 9.30. The number of nitrogens with two attached hydrogens (primary N) is 5. The molecule has 12 atom stereocenters. The first-order valence-electron chi connectivity index (χ1n) is 36.2. The zero-order chi connectivity index (χ0) is 82.3. The molecule has 0 aliphatic rings. The quantitative estimate of drug-likeness (QED) is 0.0103. The monoisotopic (exact) mass is 1550 g/mol. The highest BCUT2D eigenvalue weighted by Crippen LogP contribution is 2.22. The molecule has 0 saturated heterocycles. The van der Waals surface area contributed by atoms with Gasteiger partial charge in [-0.25, -0.2) is 4.98 Å². The number of carbonyl (C=O) groups excluding carboxylic acids is 13. The van der Waals surface area contributed by atoms with E-state index in [0.29, 0.717) is 33.3 Å². The smallest absolute Gasteiger partial charge is 0.245 e. The number of aliphatic hydroxyl groups is 1. The second-order valence-corrected chi connectivity index (χ2v) is 28.0. The van der Waals surface area contributed by atoms with Crippen LogP contribution in [0.4, 0.5) is 0 Å². The van der Waals surface area contributed by atoms with Crippen molar-refractivity contribution in [2.45, 2.75) is 185 Å². The lowest BCUT2D eigenvalue weighted by Crippen LogP contribution is -2.63. The fraction of sp³-hybridized carbons (Fsp3) is 0.479. The third-order valence-corrected chi connectivity index (χ3v) is 18.0. The number of amides is 13. The minimum Gasteiger partial charge on any atom is -0.508 e. The summed E-state index contributed by atoms with van der Waals surface area (Å²) in [6, 6.07) is 2.72. The van der Waals surface area contributed by atoms with Crippen LogP contribution in [0.15, 0.2) is 91.5 Å². The number of rotatable bonds is 46. The van der Waals surface area contributed by atoms with Crippen LogP contribution in [0.25, 0.3) is 10.9 Å². The number of aromatic nitrogens is 3. The molecule has 5 unspecified atom stereocenters. The van der Waals surface area contributed by atoms with Crippen LogP contribution in [0, 0.1) is 28.6 Å². The van der Waals surface area contributed by atoms with Gasteiger partial charge in [0, 0.05) is 81.5 Å². The van der Waals surface area contributed by atoms with E-state index in [1.165, 1.54) is 63.6 Å². The first-order chi connectivity index (χ1) is 52.4. The molecule has 38 nitrogen and oxygen atoms in total. The molecule has 2 heterocycles. The average Bonchev–Trinajstić information content (AvgIpc) is 1.72. The zero-order valence-electron chi connectivity index (χ0n) is 63.1. The van der Waals surface area contributed by atoms with E-state index in [9.17, 15) is 77.6 Å². The van der Waals surface area contributed by atoms with Crippen molar-refractivity contribution in [3.8, 4) is 11.5 Å². The lowest BCUT2D eigenvalue weighted by atomic mass is 9.99. The summed E-state index contributed by atoms with van der Waals surface area (Å²) in [6.07, 6.45) is 0.320. The lowest BCUT2D eigenvalue weighted by Gasteiger charge is -2.33. The van der Waals surface area contributed by atoms with Gasteiger partial charge in [0.2, 0.25) is 76.8 Å². The maximum Gasteiger partial charge on any atom is 0.245 e. The maximum atomic E-state index is 15.0. The van der Waals surface area contributed by atoms with Crippen LogP contribution in [0.5, 0.6) is 11.5 Å². The van der Waals surface area contributed by atoms with Crippen molar-refractivity contribution >= 4 is 99.6 Å². The predicted octanol–water partition coefficient (Wildman–Crippen LogP) is -3.37. The van der Waals surface area contributed by atoms with Gasteiger partial charge in [-0.15, -0.1) is 0 Å². The second kappa shape index (κ2) is 43.6. The molecule has 604 valence electrons. The summed E-state index contributed by atoms with van der Waals surface area (Å²) >= 11 is 0. The number of guanidine groups is 2. The van der Waals surface area contributed by atoms with E-state index in [2.05, 4.69) is 73.4 Å². The molecule has 13 amide bonds. The summed E-state index contributed by atoms with van der Waals surface area (Å²) in [4.78, 5) is 194. The van der Waals surface area contributed by atoms with Gasteiger partial charge in [-0.05, 0) is 104 Å². The number of phenolic OH excluding ortho intramolecular Hbond substituents is 2. The molecule has 0 radical (unpaired) electrons. The first kappa shape index (κ1) is 89.2. The molecule has 5 rings (SSSR count). The summed E-state index contributed by atoms with van der Waals surface area (Å²) in [5.74, 6) is -15.4. The molecule has 0 fully saturated rings. The topological polar surface area (TPSA) is 640 Å². The van der Waals surface area contributed by atoms with Crippen molar-refractivity contribution in [3.05, 3.63) is 114 Å². The predicted molar refractivity (Wildman–Crippen MR) is 407 cm³/mol. The molecule has 0 aliphatic heterocycles. The van der Waals surface area contributed by atoms with Gasteiger partial charge in [0.25, 0.3) is 0 Å². The van der Waals surface area contributed by atoms with E-state index >= 15 is 0 Å². The minimum absolute atomic E-state index is 0.0177. The fourth-order valence-electron chi connectivity index (χ4n) is 11.9. The highest BCUT2D eigenvalue weighted by atomic mass is 16.3. The van der Waals surface area contributed by atoms with E-state index in [-0.39, 0.29) is 88.3 Å². The number of benzene rings is 3. The van der Waals surface area contributed by atoms with Gasteiger partial charge in [0.1, 0.15) is 71.9 Å². The number of H-pyrrole nitrogens is 2. The molecular weight excluding hydrogens is 1440 g/mol. The molecule has 111 heavy (non-hydrogen) atoms. The SMILES string of the molecule is CC(C)CC(NC(=O)[C@H](Cc1ccc(O)cc1)NC(=O)C(C)Cc1c[nH]cn1)C(=O)N[C@@H](CC(N)=O)C(=O)NC(Cc1c[nH]c2ccccc12)C(=O)N[C@H](C(=O)N[C@H](C(=O)N[C@@H](CCCNC(=N)N)C(=O)NC(CCC(N)=O)C(=O)N(C)[C@@H](CCCNC(=N)N)C(=O)NC(Cc1ccc(O)cc1)C(N)=O)[C@@H](C)O)C(C)C. The molecule has 2 aromatic heterocycles. The molecule has 38 heteroatoms. The van der Waals surface area contributed by atoms with E-state index < -0.39 is 186 Å². The van der Waals surface area contributed by atoms with E-state index in [1.807, 2.05) is 0 Å². The van der Waals surface area contributed by atoms with Crippen LogP contribution in [0.3, 0.4) is 0 Å². The normalized spacial score (nSPS) is 14.4. The van der Waals surface area contributed by atoms with Crippen LogP contribution in [0.2, 0.25) is 0 Å². The molecule has 0 bridgehead atoms. The number of aromatic amines is 2. The third-order valence-electron chi connectivity index (χ3n) is 18.0. The van der Waals surface area contributed by atoms with E-state index in [1.54, 1.807) is 69.6 Å². The zero-order valence-corrected chi connectivity index (χ0v) is 63.1. The van der Waals surface area contributed by atoms with Crippen molar-refractivity contribution in [2.24, 2.45) is 46.4 Å². The average molecular weight is 1550 g/mol. The van der Waals surface area contributed by atoms with Gasteiger partial charge in [-0.2, -0.15) is 0 Å². The number of hydrogen-bond donors (Lipinski definition) is 23. The number of imidazole rings is 1. The summed E-state index contributed by atoms with van der Waals surface area (Å²) in [7, 11) is 1.21. The number of fused-ring (bicyclic) bond motifs is 1. The van der Waals surface area contributed by atoms with E-state index in [4.69, 9.17) is 39.5 Å². The molecule has 28 N–H and O–H groups in total. The Bertz CT molecular complexity index is 4040. The van der Waals surface area contributed by atoms with Crippen molar-refractivity contribution in [1.29, 1.82) is 10.8 Å². The second-order valence-electron chi connectivity index (χ2n) is 28.0. The van der Waals surface area contributed by atoms with Gasteiger partial charge < -0.3 is 117 Å². The number of carbonyl (C=O) groups is 13. The third kappa shape index (κ3) is 29.6. The molecular formula is C73H106N22O16. The van der Waals surface area contributed by atoms with Crippen molar-refractivity contribution in [1.82, 2.24) is 78.3 Å². The number of likely N-dealkylation sites (N-methyl/N-ethyl adjacent to an activating group) is 1. The number of hydrogen-bond acceptors (Lipinski definition) is 19. The number of phenols is 2. The number of nitrogens with zero attached hydrogens (tertiary/aromatic N) is 2. The number of para-hydroxylation sites is 1. The number of aliphatic hydroxyl groups excluding tert-OH is 1. The number of aromatic hydroxyl groups is 2. The van der Waals surface area contributed by atoms with Crippen molar-refractivity contribution < 1.29 is 77.6 Å². The fourth-order valence-corrected chi connectivity index (χ4v) is 11.9. The Labute approximate surface area is 641 Å². The van der Waals surface area contributed by atoms with E-state index in [0.717, 1.165) is 11.8 Å². The Balaban J connectivity index is 1.41. The summed E-state index contributed by atoms with van der Waals surface area (Å²) < 4.78 is 0. The Morgan fingerprint density at radius 1 is 0.505 bits per heavy atom. The lowest BCUT2D eigenvalue weighted by molar-refractivity contribution is -0.143. The minimum atomic E-state index is -1.93. The van der Waals surface area contributed by atoms with Gasteiger partial charge in [-0.3, -0.25) is 73.1 Å². The number of primary amides is 3. The van der Waals surface area contributed by atoms with Crippen LogP contribution >= 0.6 is 0 Å². The van der Waals surface area contributed by atoms with Crippen LogP contribution < -0.4 is 87.2 Å². The van der Waals surface area contributed by atoms with Gasteiger partial charge in [0.05, 0.1) is 24.5 Å².